The van der Waals surface area contributed by atoms with Crippen molar-refractivity contribution in [2.75, 3.05) is 0 Å². The second-order valence-electron chi connectivity index (χ2n) is 6.55. The van der Waals surface area contributed by atoms with Gasteiger partial charge in [0, 0.05) is 4.90 Å². The molecular formula is C23H23NO4S. The number of carbonyl (C=O) groups is 2. The Balaban J connectivity index is 1.59. The van der Waals surface area contributed by atoms with Crippen molar-refractivity contribution in [3.05, 3.63) is 89.9 Å². The first-order chi connectivity index (χ1) is 14.0. The molecule has 3 rings (SSSR count). The van der Waals surface area contributed by atoms with Crippen LogP contribution in [0.25, 0.3) is 0 Å². The number of amides is 1. The molecule has 0 fully saturated rings. The molecule has 0 spiro atoms. The number of nitrogens with one attached hydrogen (secondary N) is 1. The Hall–Kier alpha value is -2.99. The predicted molar refractivity (Wildman–Crippen MR) is 113 cm³/mol. The van der Waals surface area contributed by atoms with Crippen LogP contribution in [0, 0.1) is 0 Å². The molecule has 5 nitrogen and oxygen atoms in total. The van der Waals surface area contributed by atoms with E-state index in [4.69, 9.17) is 9.15 Å². The molecule has 0 saturated heterocycles. The number of hydrogen-bond donors (Lipinski definition) is 1. The quantitative estimate of drug-likeness (QED) is 0.419. The first-order valence-corrected chi connectivity index (χ1v) is 10.3. The summed E-state index contributed by atoms with van der Waals surface area (Å²) in [6, 6.07) is 20.3. The Morgan fingerprint density at radius 2 is 1.72 bits per heavy atom. The van der Waals surface area contributed by atoms with Crippen molar-refractivity contribution < 1.29 is 18.7 Å². The van der Waals surface area contributed by atoms with E-state index in [1.165, 1.54) is 11.8 Å². The molecule has 29 heavy (non-hydrogen) atoms. The predicted octanol–water partition coefficient (Wildman–Crippen LogP) is 4.99. The molecule has 0 bridgehead atoms. The van der Waals surface area contributed by atoms with Crippen LogP contribution in [-0.2, 0) is 15.3 Å². The highest BCUT2D eigenvalue weighted by Crippen LogP contribution is 2.27. The van der Waals surface area contributed by atoms with Gasteiger partial charge in [-0.05, 0) is 43.7 Å². The van der Waals surface area contributed by atoms with Crippen molar-refractivity contribution in [3.8, 4) is 0 Å². The van der Waals surface area contributed by atoms with Crippen molar-refractivity contribution in [2.24, 2.45) is 0 Å². The Kier molecular flexibility index (Phi) is 7.14. The van der Waals surface area contributed by atoms with Crippen LogP contribution in [0.15, 0.2) is 82.3 Å². The molecule has 0 aliphatic heterocycles. The monoisotopic (exact) mass is 409 g/mol. The van der Waals surface area contributed by atoms with E-state index in [-0.39, 0.29) is 11.9 Å². The standard InChI is InChI=1S/C23H23NO4S/c1-16(18-9-4-3-5-10-18)24-22(25)17(2)28-23(26)20-12-6-7-13-21(20)29-15-19-11-8-14-27-19/h3-14,16-17H,15H2,1-2H3,(H,24,25). The molecule has 0 aliphatic carbocycles. The third-order valence-corrected chi connectivity index (χ3v) is 5.46. The summed E-state index contributed by atoms with van der Waals surface area (Å²) in [5, 5.41) is 2.88. The van der Waals surface area contributed by atoms with Gasteiger partial charge in [-0.2, -0.15) is 0 Å². The zero-order valence-electron chi connectivity index (χ0n) is 16.3. The Labute approximate surface area is 174 Å². The normalized spacial score (nSPS) is 12.8. The number of ether oxygens (including phenoxy) is 1. The lowest BCUT2D eigenvalue weighted by Gasteiger charge is -2.18. The van der Waals surface area contributed by atoms with Crippen LogP contribution in [0.2, 0.25) is 0 Å². The fourth-order valence-electron chi connectivity index (χ4n) is 2.74. The topological polar surface area (TPSA) is 68.5 Å². The summed E-state index contributed by atoms with van der Waals surface area (Å²) < 4.78 is 10.8. The van der Waals surface area contributed by atoms with Gasteiger partial charge in [-0.1, -0.05) is 42.5 Å². The summed E-state index contributed by atoms with van der Waals surface area (Å²) >= 11 is 1.48. The highest BCUT2D eigenvalue weighted by Gasteiger charge is 2.22. The number of rotatable bonds is 8. The van der Waals surface area contributed by atoms with Gasteiger partial charge in [0.2, 0.25) is 0 Å². The summed E-state index contributed by atoms with van der Waals surface area (Å²) in [4.78, 5) is 25.9. The molecular weight excluding hydrogens is 386 g/mol. The molecule has 150 valence electrons. The minimum Gasteiger partial charge on any atom is -0.468 e. The average Bonchev–Trinajstić information content (AvgIpc) is 3.26. The maximum atomic E-state index is 12.7. The van der Waals surface area contributed by atoms with Crippen LogP contribution >= 0.6 is 11.8 Å². The summed E-state index contributed by atoms with van der Waals surface area (Å²) in [6.07, 6.45) is 0.712. The van der Waals surface area contributed by atoms with E-state index in [0.717, 1.165) is 16.2 Å². The summed E-state index contributed by atoms with van der Waals surface area (Å²) in [7, 11) is 0. The highest BCUT2D eigenvalue weighted by molar-refractivity contribution is 7.98. The van der Waals surface area contributed by atoms with Crippen LogP contribution in [0.5, 0.6) is 0 Å². The first kappa shape index (κ1) is 20.7. The minimum atomic E-state index is -0.906. The number of esters is 1. The molecule has 0 aliphatic rings. The Bertz CT molecular complexity index is 941. The van der Waals surface area contributed by atoms with E-state index in [2.05, 4.69) is 5.32 Å². The number of benzene rings is 2. The average molecular weight is 410 g/mol. The van der Waals surface area contributed by atoms with Crippen LogP contribution in [0.3, 0.4) is 0 Å². The van der Waals surface area contributed by atoms with Crippen LogP contribution in [-0.4, -0.2) is 18.0 Å². The maximum Gasteiger partial charge on any atom is 0.340 e. The second kappa shape index (κ2) is 9.98. The second-order valence-corrected chi connectivity index (χ2v) is 7.57. The lowest BCUT2D eigenvalue weighted by atomic mass is 10.1. The van der Waals surface area contributed by atoms with E-state index in [1.54, 1.807) is 25.3 Å². The van der Waals surface area contributed by atoms with Gasteiger partial charge in [0.1, 0.15) is 5.76 Å². The molecule has 0 radical (unpaired) electrons. The van der Waals surface area contributed by atoms with Gasteiger partial charge >= 0.3 is 5.97 Å². The van der Waals surface area contributed by atoms with E-state index in [9.17, 15) is 9.59 Å². The summed E-state index contributed by atoms with van der Waals surface area (Å²) in [5.74, 6) is 0.556. The number of carbonyl (C=O) groups excluding carboxylic acids is 2. The first-order valence-electron chi connectivity index (χ1n) is 9.35. The van der Waals surface area contributed by atoms with Crippen molar-refractivity contribution in [1.82, 2.24) is 5.32 Å². The van der Waals surface area contributed by atoms with Gasteiger partial charge in [-0.25, -0.2) is 4.79 Å². The fourth-order valence-corrected chi connectivity index (χ4v) is 3.68. The van der Waals surface area contributed by atoms with Gasteiger partial charge < -0.3 is 14.5 Å². The molecule has 3 aromatic rings. The largest absolute Gasteiger partial charge is 0.468 e. The van der Waals surface area contributed by atoms with Crippen molar-refractivity contribution >= 4 is 23.6 Å². The van der Waals surface area contributed by atoms with Gasteiger partial charge in [-0.3, -0.25) is 4.79 Å². The SMILES string of the molecule is CC(OC(=O)c1ccccc1SCc1ccco1)C(=O)NC(C)c1ccccc1. The number of hydrogen-bond acceptors (Lipinski definition) is 5. The molecule has 2 atom stereocenters. The molecule has 2 aromatic carbocycles. The van der Waals surface area contributed by atoms with Crippen LogP contribution in [0.4, 0.5) is 0 Å². The summed E-state index contributed by atoms with van der Waals surface area (Å²) in [6.45, 7) is 3.46. The third kappa shape index (κ3) is 5.74. The minimum absolute atomic E-state index is 0.180. The number of furan rings is 1. The molecule has 1 heterocycles. The van der Waals surface area contributed by atoms with E-state index >= 15 is 0 Å². The summed E-state index contributed by atoms with van der Waals surface area (Å²) in [5.41, 5.74) is 1.42. The lowest BCUT2D eigenvalue weighted by molar-refractivity contribution is -0.129. The highest BCUT2D eigenvalue weighted by atomic mass is 32.2. The van der Waals surface area contributed by atoms with Crippen LogP contribution in [0.1, 0.15) is 41.6 Å². The van der Waals surface area contributed by atoms with Gasteiger partial charge in [0.05, 0.1) is 23.6 Å². The molecule has 1 aromatic heterocycles. The zero-order chi connectivity index (χ0) is 20.6. The molecule has 1 N–H and O–H groups in total. The zero-order valence-corrected chi connectivity index (χ0v) is 17.1. The van der Waals surface area contributed by atoms with E-state index < -0.39 is 12.1 Å². The maximum absolute atomic E-state index is 12.7. The molecule has 2 unspecified atom stereocenters. The van der Waals surface area contributed by atoms with Crippen molar-refractivity contribution in [3.63, 3.8) is 0 Å². The van der Waals surface area contributed by atoms with E-state index in [1.807, 2.05) is 61.5 Å². The Morgan fingerprint density at radius 3 is 2.45 bits per heavy atom. The van der Waals surface area contributed by atoms with Gasteiger partial charge in [0.25, 0.3) is 5.91 Å². The van der Waals surface area contributed by atoms with Crippen molar-refractivity contribution in [1.29, 1.82) is 0 Å². The van der Waals surface area contributed by atoms with Crippen molar-refractivity contribution in [2.45, 2.75) is 36.6 Å². The molecule has 6 heteroatoms. The molecule has 1 amide bonds. The van der Waals surface area contributed by atoms with Gasteiger partial charge in [0.15, 0.2) is 6.10 Å². The fraction of sp³-hybridized carbons (Fsp3) is 0.217. The number of thioether (sulfide) groups is 1. The third-order valence-electron chi connectivity index (χ3n) is 4.37. The van der Waals surface area contributed by atoms with Crippen LogP contribution < -0.4 is 5.32 Å². The lowest BCUT2D eigenvalue weighted by Crippen LogP contribution is -2.37. The smallest absolute Gasteiger partial charge is 0.340 e. The Morgan fingerprint density at radius 1 is 1.00 bits per heavy atom. The van der Waals surface area contributed by atoms with E-state index in [0.29, 0.717) is 11.3 Å². The molecule has 0 saturated carbocycles. The van der Waals surface area contributed by atoms with Gasteiger partial charge in [-0.15, -0.1) is 11.8 Å².